The van der Waals surface area contributed by atoms with Gasteiger partial charge in [0.05, 0.1) is 11.3 Å². The van der Waals surface area contributed by atoms with Crippen LogP contribution in [0.25, 0.3) is 0 Å². The number of hydrogen-bond acceptors (Lipinski definition) is 2. The number of rotatable bonds is 4. The maximum atomic E-state index is 13.1. The molecule has 0 aliphatic heterocycles. The van der Waals surface area contributed by atoms with E-state index in [9.17, 15) is 22.8 Å². The molecule has 4 nitrogen and oxygen atoms in total. The number of alkyl halides is 3. The number of carbonyl (C=O) groups is 2. The molecule has 2 amide bonds. The summed E-state index contributed by atoms with van der Waals surface area (Å²) in [5, 5.41) is 2.98. The molecule has 0 aliphatic carbocycles. The molecule has 0 unspecified atom stereocenters. The van der Waals surface area contributed by atoms with Gasteiger partial charge in [-0.1, -0.05) is 23.7 Å². The van der Waals surface area contributed by atoms with Crippen LogP contribution in [0.4, 0.5) is 24.5 Å². The van der Waals surface area contributed by atoms with Gasteiger partial charge >= 0.3 is 6.18 Å². The molecule has 0 aliphatic rings. The molecule has 25 heavy (non-hydrogen) atoms. The average molecular weight is 371 g/mol. The Bertz CT molecular complexity index is 776. The fourth-order valence-electron chi connectivity index (χ4n) is 2.19. The van der Waals surface area contributed by atoms with E-state index in [0.717, 1.165) is 24.0 Å². The van der Waals surface area contributed by atoms with Crippen LogP contribution >= 0.6 is 11.6 Å². The van der Waals surface area contributed by atoms with E-state index >= 15 is 0 Å². The van der Waals surface area contributed by atoms with E-state index in [-0.39, 0.29) is 5.69 Å². The quantitative estimate of drug-likeness (QED) is 0.869. The van der Waals surface area contributed by atoms with E-state index in [4.69, 9.17) is 11.6 Å². The third-order valence-electron chi connectivity index (χ3n) is 3.31. The summed E-state index contributed by atoms with van der Waals surface area (Å²) in [6, 6.07) is 10.8. The van der Waals surface area contributed by atoms with Gasteiger partial charge in [0.15, 0.2) is 0 Å². The van der Waals surface area contributed by atoms with Crippen LogP contribution in [0, 0.1) is 0 Å². The van der Waals surface area contributed by atoms with E-state index in [0.29, 0.717) is 10.7 Å². The minimum Gasteiger partial charge on any atom is -0.325 e. The summed E-state index contributed by atoms with van der Waals surface area (Å²) in [6.45, 7) is 0.549. The number of benzene rings is 2. The van der Waals surface area contributed by atoms with Crippen molar-refractivity contribution in [1.29, 1.82) is 0 Å². The summed E-state index contributed by atoms with van der Waals surface area (Å²) in [6.07, 6.45) is -4.64. The first-order valence-corrected chi connectivity index (χ1v) is 7.56. The number of para-hydroxylation sites is 1. The van der Waals surface area contributed by atoms with Crippen LogP contribution < -0.4 is 10.2 Å². The molecule has 0 fully saturated rings. The molecule has 2 aromatic carbocycles. The second-order valence-corrected chi connectivity index (χ2v) is 5.61. The third kappa shape index (κ3) is 4.96. The van der Waals surface area contributed by atoms with Gasteiger partial charge in [0.2, 0.25) is 11.8 Å². The molecule has 8 heteroatoms. The molecular formula is C17H14ClF3N2O2. The van der Waals surface area contributed by atoms with Gasteiger partial charge in [-0.15, -0.1) is 0 Å². The molecule has 0 bridgehead atoms. The molecule has 0 saturated heterocycles. The van der Waals surface area contributed by atoms with Gasteiger partial charge in [-0.3, -0.25) is 9.59 Å². The van der Waals surface area contributed by atoms with Crippen LogP contribution in [-0.4, -0.2) is 18.4 Å². The summed E-state index contributed by atoms with van der Waals surface area (Å²) in [7, 11) is 0. The number of anilines is 2. The Hall–Kier alpha value is -2.54. The number of amides is 2. The molecule has 132 valence electrons. The SMILES string of the molecule is CC(=O)N(CC(=O)Nc1ccc(Cl)cc1)c1ccccc1C(F)(F)F. The normalized spacial score (nSPS) is 11.1. The van der Waals surface area contributed by atoms with Crippen molar-refractivity contribution in [1.82, 2.24) is 0 Å². The standard InChI is InChI=1S/C17H14ClF3N2O2/c1-11(24)23(15-5-3-2-4-14(15)17(19,20)21)10-16(25)22-13-8-6-12(18)7-9-13/h2-9H,10H2,1H3,(H,22,25). The zero-order chi connectivity index (χ0) is 18.6. The molecular weight excluding hydrogens is 357 g/mol. The molecule has 2 aromatic rings. The predicted octanol–water partition coefficient (Wildman–Crippen LogP) is 4.35. The van der Waals surface area contributed by atoms with Crippen molar-refractivity contribution in [2.45, 2.75) is 13.1 Å². The lowest BCUT2D eigenvalue weighted by Gasteiger charge is -2.24. The van der Waals surface area contributed by atoms with Gasteiger partial charge in [0, 0.05) is 17.6 Å². The van der Waals surface area contributed by atoms with Crippen molar-refractivity contribution in [3.05, 3.63) is 59.1 Å². The van der Waals surface area contributed by atoms with Crippen molar-refractivity contribution in [3.63, 3.8) is 0 Å². The summed E-state index contributed by atoms with van der Waals surface area (Å²) in [5.74, 6) is -1.31. The van der Waals surface area contributed by atoms with Crippen molar-refractivity contribution in [3.8, 4) is 0 Å². The molecule has 1 N–H and O–H groups in total. The Balaban J connectivity index is 2.23. The van der Waals surface area contributed by atoms with E-state index in [1.54, 1.807) is 24.3 Å². The molecule has 0 atom stereocenters. The topological polar surface area (TPSA) is 49.4 Å². The van der Waals surface area contributed by atoms with Crippen molar-refractivity contribution in [2.75, 3.05) is 16.8 Å². The van der Waals surface area contributed by atoms with Crippen LogP contribution in [0.1, 0.15) is 12.5 Å². The van der Waals surface area contributed by atoms with Crippen LogP contribution in [0.2, 0.25) is 5.02 Å². The van der Waals surface area contributed by atoms with Gasteiger partial charge in [-0.2, -0.15) is 13.2 Å². The van der Waals surface area contributed by atoms with Crippen molar-refractivity contribution >= 4 is 34.8 Å². The molecule has 2 rings (SSSR count). The maximum absolute atomic E-state index is 13.1. The Morgan fingerprint density at radius 1 is 1.08 bits per heavy atom. The Labute approximate surface area is 147 Å². The van der Waals surface area contributed by atoms with Crippen LogP contribution in [0.3, 0.4) is 0 Å². The Morgan fingerprint density at radius 2 is 1.68 bits per heavy atom. The summed E-state index contributed by atoms with van der Waals surface area (Å²) >= 11 is 5.74. The molecule has 0 heterocycles. The Morgan fingerprint density at radius 3 is 2.24 bits per heavy atom. The van der Waals surface area contributed by atoms with Gasteiger partial charge < -0.3 is 10.2 Å². The molecule has 0 radical (unpaired) electrons. The highest BCUT2D eigenvalue weighted by atomic mass is 35.5. The lowest BCUT2D eigenvalue weighted by atomic mass is 10.1. The second-order valence-electron chi connectivity index (χ2n) is 5.18. The fraction of sp³-hybridized carbons (Fsp3) is 0.176. The third-order valence-corrected chi connectivity index (χ3v) is 3.56. The van der Waals surface area contributed by atoms with E-state index < -0.39 is 30.1 Å². The van der Waals surface area contributed by atoms with Crippen LogP contribution in [-0.2, 0) is 15.8 Å². The minimum absolute atomic E-state index is 0.367. The zero-order valence-corrected chi connectivity index (χ0v) is 13.9. The first-order chi connectivity index (χ1) is 11.7. The summed E-state index contributed by atoms with van der Waals surface area (Å²) in [5.41, 5.74) is -0.930. The van der Waals surface area contributed by atoms with E-state index in [1.807, 2.05) is 0 Å². The minimum atomic E-state index is -4.64. The molecule has 0 aromatic heterocycles. The first-order valence-electron chi connectivity index (χ1n) is 7.18. The first kappa shape index (κ1) is 18.8. The monoisotopic (exact) mass is 370 g/mol. The maximum Gasteiger partial charge on any atom is 0.418 e. The van der Waals surface area contributed by atoms with Crippen LogP contribution in [0.15, 0.2) is 48.5 Å². The number of halogens is 4. The smallest absolute Gasteiger partial charge is 0.325 e. The lowest BCUT2D eigenvalue weighted by molar-refractivity contribution is -0.137. The average Bonchev–Trinajstić information content (AvgIpc) is 2.54. The predicted molar refractivity (Wildman–Crippen MR) is 89.6 cm³/mol. The second kappa shape index (κ2) is 7.57. The van der Waals surface area contributed by atoms with Gasteiger partial charge in [0.25, 0.3) is 0 Å². The lowest BCUT2D eigenvalue weighted by Crippen LogP contribution is -2.37. The number of nitrogens with one attached hydrogen (secondary N) is 1. The van der Waals surface area contributed by atoms with Gasteiger partial charge in [0.1, 0.15) is 6.54 Å². The van der Waals surface area contributed by atoms with Crippen molar-refractivity contribution in [2.24, 2.45) is 0 Å². The summed E-state index contributed by atoms with van der Waals surface area (Å²) < 4.78 is 39.4. The number of carbonyl (C=O) groups excluding carboxylic acids is 2. The van der Waals surface area contributed by atoms with Gasteiger partial charge in [-0.25, -0.2) is 0 Å². The zero-order valence-electron chi connectivity index (χ0n) is 13.1. The number of hydrogen-bond donors (Lipinski definition) is 1. The Kier molecular flexibility index (Phi) is 5.69. The highest BCUT2D eigenvalue weighted by Gasteiger charge is 2.35. The molecule has 0 spiro atoms. The van der Waals surface area contributed by atoms with Crippen LogP contribution in [0.5, 0.6) is 0 Å². The summed E-state index contributed by atoms with van der Waals surface area (Å²) in [4.78, 5) is 24.7. The number of nitrogens with zero attached hydrogens (tertiary/aromatic N) is 1. The molecule has 0 saturated carbocycles. The van der Waals surface area contributed by atoms with E-state index in [1.165, 1.54) is 12.1 Å². The highest BCUT2D eigenvalue weighted by molar-refractivity contribution is 6.30. The fourth-order valence-corrected chi connectivity index (χ4v) is 2.32. The largest absolute Gasteiger partial charge is 0.418 e. The van der Waals surface area contributed by atoms with E-state index in [2.05, 4.69) is 5.32 Å². The van der Waals surface area contributed by atoms with Crippen molar-refractivity contribution < 1.29 is 22.8 Å². The highest BCUT2D eigenvalue weighted by Crippen LogP contribution is 2.36. The van der Waals surface area contributed by atoms with Gasteiger partial charge in [-0.05, 0) is 36.4 Å².